The largest absolute Gasteiger partial charge is 0.390 e. The molecule has 1 fully saturated rings. The molecule has 1 saturated heterocycles. The van der Waals surface area contributed by atoms with Gasteiger partial charge in [0.05, 0.1) is 12.7 Å². The Labute approximate surface area is 59.9 Å². The van der Waals surface area contributed by atoms with E-state index in [9.17, 15) is 5.11 Å². The molecule has 0 amide bonds. The van der Waals surface area contributed by atoms with E-state index in [2.05, 4.69) is 0 Å². The Bertz CT molecular complexity index is 109. The fourth-order valence-electron chi connectivity index (χ4n) is 1.08. The Morgan fingerprint density at radius 3 is 2.90 bits per heavy atom. The molecule has 4 heteroatoms. The van der Waals surface area contributed by atoms with Gasteiger partial charge in [-0.25, -0.2) is 0 Å². The Kier molecular flexibility index (Phi) is 2.62. The van der Waals surface area contributed by atoms with Crippen molar-refractivity contribution >= 4 is 0 Å². The van der Waals surface area contributed by atoms with Crippen molar-refractivity contribution in [3.05, 3.63) is 0 Å². The number of nitrogens with two attached hydrogens (primary N) is 1. The molecule has 0 aromatic carbocycles. The summed E-state index contributed by atoms with van der Waals surface area (Å²) in [6.45, 7) is 0.412. The lowest BCUT2D eigenvalue weighted by atomic mass is 10.2. The maximum absolute atomic E-state index is 9.21. The van der Waals surface area contributed by atoms with Gasteiger partial charge in [0.2, 0.25) is 0 Å². The van der Waals surface area contributed by atoms with E-state index in [1.165, 1.54) is 0 Å². The van der Waals surface area contributed by atoms with Crippen LogP contribution in [0.2, 0.25) is 0 Å². The molecule has 3 unspecified atom stereocenters. The van der Waals surface area contributed by atoms with E-state index in [4.69, 9.17) is 15.2 Å². The predicted molar refractivity (Wildman–Crippen MR) is 35.3 cm³/mol. The van der Waals surface area contributed by atoms with Gasteiger partial charge in [0.15, 0.2) is 0 Å². The van der Waals surface area contributed by atoms with E-state index in [1.54, 1.807) is 7.11 Å². The van der Waals surface area contributed by atoms with E-state index in [-0.39, 0.29) is 12.3 Å². The molecule has 3 atom stereocenters. The first kappa shape index (κ1) is 7.94. The maximum Gasteiger partial charge on any atom is 0.109 e. The number of ether oxygens (including phenoxy) is 2. The zero-order chi connectivity index (χ0) is 7.56. The van der Waals surface area contributed by atoms with Crippen molar-refractivity contribution in [2.24, 2.45) is 5.73 Å². The molecule has 4 nitrogen and oxygen atoms in total. The first-order chi connectivity index (χ1) is 4.74. The molecule has 1 aliphatic rings. The van der Waals surface area contributed by atoms with Gasteiger partial charge in [-0.05, 0) is 0 Å². The van der Waals surface area contributed by atoms with Crippen LogP contribution in [0.3, 0.4) is 0 Å². The van der Waals surface area contributed by atoms with Crippen molar-refractivity contribution in [3.8, 4) is 0 Å². The van der Waals surface area contributed by atoms with Crippen LogP contribution in [-0.2, 0) is 9.47 Å². The summed E-state index contributed by atoms with van der Waals surface area (Å²) in [6, 6.07) is 0. The second kappa shape index (κ2) is 3.30. The lowest BCUT2D eigenvalue weighted by Crippen LogP contribution is -2.26. The molecule has 1 aliphatic heterocycles. The second-order valence-corrected chi connectivity index (χ2v) is 2.47. The van der Waals surface area contributed by atoms with Gasteiger partial charge in [-0.2, -0.15) is 0 Å². The minimum absolute atomic E-state index is 0.236. The van der Waals surface area contributed by atoms with Crippen LogP contribution in [0, 0.1) is 0 Å². The van der Waals surface area contributed by atoms with E-state index in [0.717, 1.165) is 0 Å². The highest BCUT2D eigenvalue weighted by molar-refractivity contribution is 4.78. The average molecular weight is 147 g/mol. The molecule has 3 N–H and O–H groups in total. The highest BCUT2D eigenvalue weighted by Gasteiger charge is 2.31. The molecule has 0 saturated carbocycles. The normalized spacial score (nSPS) is 40.5. The van der Waals surface area contributed by atoms with Crippen LogP contribution in [0.5, 0.6) is 0 Å². The number of aliphatic hydroxyl groups is 1. The molecule has 0 aromatic heterocycles. The number of hydrogen-bond acceptors (Lipinski definition) is 4. The van der Waals surface area contributed by atoms with Crippen LogP contribution in [0.25, 0.3) is 0 Å². The van der Waals surface area contributed by atoms with Gasteiger partial charge in [-0.15, -0.1) is 0 Å². The van der Waals surface area contributed by atoms with Gasteiger partial charge < -0.3 is 20.3 Å². The molecule has 60 valence electrons. The third-order valence-corrected chi connectivity index (χ3v) is 1.58. The summed E-state index contributed by atoms with van der Waals surface area (Å²) < 4.78 is 9.92. The Morgan fingerprint density at radius 2 is 2.50 bits per heavy atom. The average Bonchev–Trinajstić information content (AvgIpc) is 2.13. The lowest BCUT2D eigenvalue weighted by molar-refractivity contribution is -0.0315. The summed E-state index contributed by atoms with van der Waals surface area (Å²) in [5, 5.41) is 9.21. The maximum atomic E-state index is 9.21. The molecule has 0 spiro atoms. The molecule has 0 aromatic rings. The van der Waals surface area contributed by atoms with Crippen LogP contribution in [-0.4, -0.2) is 37.3 Å². The Hall–Kier alpha value is -0.160. The van der Waals surface area contributed by atoms with Gasteiger partial charge in [0.25, 0.3) is 0 Å². The lowest BCUT2D eigenvalue weighted by Gasteiger charge is -2.11. The summed E-state index contributed by atoms with van der Waals surface area (Å²) >= 11 is 0. The monoisotopic (exact) mass is 147 g/mol. The fraction of sp³-hybridized carbons (Fsp3) is 1.00. The summed E-state index contributed by atoms with van der Waals surface area (Å²) in [5.74, 6) is 0. The van der Waals surface area contributed by atoms with Crippen LogP contribution < -0.4 is 5.73 Å². The van der Waals surface area contributed by atoms with Crippen molar-refractivity contribution in [1.82, 2.24) is 0 Å². The van der Waals surface area contributed by atoms with Gasteiger partial charge in [-0.3, -0.25) is 0 Å². The minimum Gasteiger partial charge on any atom is -0.390 e. The van der Waals surface area contributed by atoms with Crippen molar-refractivity contribution in [2.45, 2.75) is 24.9 Å². The summed E-state index contributed by atoms with van der Waals surface area (Å²) in [6.07, 6.45) is -0.515. The first-order valence-electron chi connectivity index (χ1n) is 3.32. The summed E-state index contributed by atoms with van der Waals surface area (Å²) in [5.41, 5.74) is 5.41. The van der Waals surface area contributed by atoms with Crippen molar-refractivity contribution in [1.29, 1.82) is 0 Å². The van der Waals surface area contributed by atoms with Gasteiger partial charge >= 0.3 is 0 Å². The third-order valence-electron chi connectivity index (χ3n) is 1.58. The predicted octanol–water partition coefficient (Wildman–Crippen LogP) is -0.933. The molecule has 1 rings (SSSR count). The first-order valence-corrected chi connectivity index (χ1v) is 3.32. The molecular weight excluding hydrogens is 134 g/mol. The summed E-state index contributed by atoms with van der Waals surface area (Å²) in [7, 11) is 1.57. The van der Waals surface area contributed by atoms with Crippen LogP contribution in [0.4, 0.5) is 0 Å². The fourth-order valence-corrected chi connectivity index (χ4v) is 1.08. The standard InChI is InChI=1S/C6H13NO3/c1-9-3-5-4(8)2-6(7)10-5/h4-6,8H,2-3,7H2,1H3. The summed E-state index contributed by atoms with van der Waals surface area (Å²) in [4.78, 5) is 0. The molecular formula is C6H13NO3. The molecule has 0 aliphatic carbocycles. The molecule has 1 heterocycles. The van der Waals surface area contributed by atoms with Crippen molar-refractivity contribution < 1.29 is 14.6 Å². The van der Waals surface area contributed by atoms with Crippen LogP contribution in [0.1, 0.15) is 6.42 Å². The number of methoxy groups -OCH3 is 1. The zero-order valence-electron chi connectivity index (χ0n) is 5.99. The highest BCUT2D eigenvalue weighted by Crippen LogP contribution is 2.16. The van der Waals surface area contributed by atoms with E-state index >= 15 is 0 Å². The third kappa shape index (κ3) is 1.67. The quantitative estimate of drug-likeness (QED) is 0.529. The second-order valence-electron chi connectivity index (χ2n) is 2.47. The minimum atomic E-state index is -0.463. The smallest absolute Gasteiger partial charge is 0.109 e. The van der Waals surface area contributed by atoms with Gasteiger partial charge in [0.1, 0.15) is 12.3 Å². The number of rotatable bonds is 2. The van der Waals surface area contributed by atoms with Gasteiger partial charge in [0, 0.05) is 13.5 Å². The SMILES string of the molecule is COCC1OC(N)CC1O. The molecule has 0 bridgehead atoms. The highest BCUT2D eigenvalue weighted by atomic mass is 16.6. The molecule has 10 heavy (non-hydrogen) atoms. The Morgan fingerprint density at radius 1 is 1.80 bits per heavy atom. The molecule has 0 radical (unpaired) electrons. The van der Waals surface area contributed by atoms with Crippen molar-refractivity contribution in [2.75, 3.05) is 13.7 Å². The van der Waals surface area contributed by atoms with Gasteiger partial charge in [-0.1, -0.05) is 0 Å². The topological polar surface area (TPSA) is 64.7 Å². The van der Waals surface area contributed by atoms with Crippen LogP contribution >= 0.6 is 0 Å². The van der Waals surface area contributed by atoms with E-state index < -0.39 is 6.10 Å². The van der Waals surface area contributed by atoms with Crippen LogP contribution in [0.15, 0.2) is 0 Å². The Balaban J connectivity index is 2.31. The number of aliphatic hydroxyl groups excluding tert-OH is 1. The van der Waals surface area contributed by atoms with Crippen molar-refractivity contribution in [3.63, 3.8) is 0 Å². The van der Waals surface area contributed by atoms with E-state index in [1.807, 2.05) is 0 Å². The van der Waals surface area contributed by atoms with E-state index in [0.29, 0.717) is 13.0 Å². The zero-order valence-corrected chi connectivity index (χ0v) is 5.99. The number of hydrogen-bond donors (Lipinski definition) is 2.